The molecule has 1 N–H and O–H groups in total. The Balaban J connectivity index is 1.42. The third-order valence-corrected chi connectivity index (χ3v) is 10.2. The van der Waals surface area contributed by atoms with Gasteiger partial charge in [-0.15, -0.1) is 0 Å². The first kappa shape index (κ1) is 21.6. The number of nitrogens with one attached hydrogen (secondary N) is 1. The first-order chi connectivity index (χ1) is 14.8. The Bertz CT molecular complexity index is 790. The van der Waals surface area contributed by atoms with Crippen LogP contribution < -0.4 is 5.32 Å². The number of oxime groups is 1. The molecule has 0 amide bonds. The van der Waals surface area contributed by atoms with E-state index in [9.17, 15) is 9.18 Å². The molecule has 1 aliphatic heterocycles. The smallest absolute Gasteiger partial charge is 0.173 e. The van der Waals surface area contributed by atoms with Crippen LogP contribution in [0.25, 0.3) is 0 Å². The van der Waals surface area contributed by atoms with Gasteiger partial charge in [0, 0.05) is 24.3 Å². The van der Waals surface area contributed by atoms with E-state index >= 15 is 0 Å². The number of ketones is 1. The van der Waals surface area contributed by atoms with Crippen LogP contribution in [-0.2, 0) is 9.63 Å². The molecule has 1 saturated heterocycles. The number of nitrogens with zero attached hydrogens (tertiary/aromatic N) is 1. The van der Waals surface area contributed by atoms with Gasteiger partial charge in [-0.25, -0.2) is 4.39 Å². The Morgan fingerprint density at radius 2 is 2.06 bits per heavy atom. The van der Waals surface area contributed by atoms with Crippen molar-refractivity contribution in [3.63, 3.8) is 0 Å². The van der Waals surface area contributed by atoms with Gasteiger partial charge in [-0.2, -0.15) is 0 Å². The molecule has 5 aliphatic rings. The van der Waals surface area contributed by atoms with E-state index < -0.39 is 11.6 Å². The van der Waals surface area contributed by atoms with Crippen LogP contribution in [0.2, 0.25) is 0 Å². The molecule has 0 bridgehead atoms. The molecule has 31 heavy (non-hydrogen) atoms. The van der Waals surface area contributed by atoms with Crippen LogP contribution >= 0.6 is 0 Å². The van der Waals surface area contributed by atoms with Crippen molar-refractivity contribution in [1.29, 1.82) is 0 Å². The summed E-state index contributed by atoms with van der Waals surface area (Å²) < 4.78 is 14.5. The van der Waals surface area contributed by atoms with E-state index in [0.29, 0.717) is 30.1 Å². The number of fused-ring (bicyclic) bond motifs is 5. The number of carbonyl (C=O) groups excluding carboxylic acids is 1. The maximum atomic E-state index is 14.5. The van der Waals surface area contributed by atoms with Gasteiger partial charge in [0.15, 0.2) is 12.0 Å². The molecule has 0 aromatic rings. The van der Waals surface area contributed by atoms with Gasteiger partial charge in [-0.1, -0.05) is 38.1 Å². The second-order valence-corrected chi connectivity index (χ2v) is 11.6. The summed E-state index contributed by atoms with van der Waals surface area (Å²) in [7, 11) is 0. The molecule has 1 heterocycles. The Hall–Kier alpha value is -1.23. The van der Waals surface area contributed by atoms with Gasteiger partial charge in [0.05, 0.1) is 5.71 Å². The molecule has 4 nitrogen and oxygen atoms in total. The van der Waals surface area contributed by atoms with E-state index in [2.05, 4.69) is 25.7 Å². The van der Waals surface area contributed by atoms with Crippen molar-refractivity contribution in [2.24, 2.45) is 45.6 Å². The molecular weight excluding hydrogens is 391 g/mol. The lowest BCUT2D eigenvalue weighted by Gasteiger charge is -2.61. The van der Waals surface area contributed by atoms with E-state index in [0.717, 1.165) is 58.0 Å². The van der Waals surface area contributed by atoms with Gasteiger partial charge in [-0.3, -0.25) is 4.79 Å². The van der Waals surface area contributed by atoms with Gasteiger partial charge < -0.3 is 10.2 Å². The highest BCUT2D eigenvalue weighted by atomic mass is 19.1. The van der Waals surface area contributed by atoms with Crippen LogP contribution in [0, 0.1) is 40.4 Å². The molecule has 9 atom stereocenters. The third-order valence-electron chi connectivity index (χ3n) is 10.2. The fourth-order valence-electron chi connectivity index (χ4n) is 8.57. The van der Waals surface area contributed by atoms with Crippen LogP contribution in [-0.4, -0.2) is 36.9 Å². The highest BCUT2D eigenvalue weighted by Crippen LogP contribution is 2.67. The Morgan fingerprint density at radius 3 is 2.77 bits per heavy atom. The molecule has 6 unspecified atom stereocenters. The summed E-state index contributed by atoms with van der Waals surface area (Å²) in [5.74, 6) is 1.80. The van der Waals surface area contributed by atoms with Gasteiger partial charge in [0.25, 0.3) is 0 Å². The molecular formula is C26H39FN2O2. The number of halogens is 1. The summed E-state index contributed by atoms with van der Waals surface area (Å²) in [6, 6.07) is 0. The minimum absolute atomic E-state index is 0.128. The Morgan fingerprint density at radius 1 is 1.26 bits per heavy atom. The SMILES string of the molecule is C=C1CC2C(CC[C@]3(C)C(=O)C(F)CC23)[C@@]2(C)CCC(=NOC3CCNC3)[C@H](CC)C12. The van der Waals surface area contributed by atoms with E-state index in [1.165, 1.54) is 11.3 Å². The zero-order valence-corrected chi connectivity index (χ0v) is 19.5. The molecule has 0 radical (unpaired) electrons. The molecule has 4 saturated carbocycles. The number of carbonyl (C=O) groups is 1. The topological polar surface area (TPSA) is 50.7 Å². The highest BCUT2D eigenvalue weighted by molar-refractivity contribution is 5.91. The summed E-state index contributed by atoms with van der Waals surface area (Å²) in [6.45, 7) is 13.3. The Kier molecular flexibility index (Phi) is 5.35. The minimum atomic E-state index is -1.26. The third kappa shape index (κ3) is 3.16. The zero-order chi connectivity index (χ0) is 22.0. The summed E-state index contributed by atoms with van der Waals surface area (Å²) >= 11 is 0. The molecule has 5 fully saturated rings. The van der Waals surface area contributed by atoms with Crippen LogP contribution in [0.3, 0.4) is 0 Å². The summed E-state index contributed by atoms with van der Waals surface area (Å²) in [5.41, 5.74) is 2.23. The number of Topliss-reactive ketones (excluding diaryl/α,β-unsaturated/α-hetero) is 1. The van der Waals surface area contributed by atoms with Crippen LogP contribution in [0.4, 0.5) is 4.39 Å². The van der Waals surface area contributed by atoms with Crippen LogP contribution in [0.15, 0.2) is 17.3 Å². The predicted octanol–water partition coefficient (Wildman–Crippen LogP) is 5.08. The zero-order valence-electron chi connectivity index (χ0n) is 19.5. The normalized spacial score (nSPS) is 50.8. The van der Waals surface area contributed by atoms with Crippen molar-refractivity contribution in [2.45, 2.75) is 84.4 Å². The molecule has 0 aromatic carbocycles. The van der Waals surface area contributed by atoms with Gasteiger partial charge in [0.2, 0.25) is 0 Å². The molecule has 5 heteroatoms. The van der Waals surface area contributed by atoms with E-state index in [1.54, 1.807) is 0 Å². The maximum Gasteiger partial charge on any atom is 0.173 e. The quantitative estimate of drug-likeness (QED) is 0.502. The van der Waals surface area contributed by atoms with Crippen LogP contribution in [0.1, 0.15) is 72.1 Å². The lowest BCUT2D eigenvalue weighted by Crippen LogP contribution is -2.56. The van der Waals surface area contributed by atoms with Crippen LogP contribution in [0.5, 0.6) is 0 Å². The molecule has 0 spiro atoms. The number of hydrogen-bond donors (Lipinski definition) is 1. The maximum absolute atomic E-state index is 14.5. The largest absolute Gasteiger partial charge is 0.391 e. The van der Waals surface area contributed by atoms with Crippen molar-refractivity contribution in [1.82, 2.24) is 5.32 Å². The fourth-order valence-corrected chi connectivity index (χ4v) is 8.57. The second-order valence-electron chi connectivity index (χ2n) is 11.6. The number of alkyl halides is 1. The summed E-state index contributed by atoms with van der Waals surface area (Å²) in [5, 5.41) is 8.05. The van der Waals surface area contributed by atoms with E-state index in [4.69, 9.17) is 9.99 Å². The molecule has 4 aliphatic carbocycles. The van der Waals surface area contributed by atoms with Crippen molar-refractivity contribution in [3.8, 4) is 0 Å². The lowest BCUT2D eigenvalue weighted by molar-refractivity contribution is -0.137. The van der Waals surface area contributed by atoms with Crippen molar-refractivity contribution in [3.05, 3.63) is 12.2 Å². The van der Waals surface area contributed by atoms with Crippen molar-refractivity contribution >= 4 is 11.5 Å². The van der Waals surface area contributed by atoms with Crippen molar-refractivity contribution < 1.29 is 14.0 Å². The number of hydrogen-bond acceptors (Lipinski definition) is 4. The van der Waals surface area contributed by atoms with Gasteiger partial charge in [-0.05, 0) is 80.6 Å². The molecule has 0 aromatic heterocycles. The average Bonchev–Trinajstić information content (AvgIpc) is 3.34. The number of rotatable bonds is 3. The average molecular weight is 431 g/mol. The Labute approximate surface area is 186 Å². The lowest BCUT2D eigenvalue weighted by atomic mass is 9.42. The van der Waals surface area contributed by atoms with E-state index in [1.807, 2.05) is 6.92 Å². The van der Waals surface area contributed by atoms with E-state index in [-0.39, 0.29) is 23.2 Å². The fraction of sp³-hybridized carbons (Fsp3) is 0.846. The molecule has 5 rings (SSSR count). The first-order valence-corrected chi connectivity index (χ1v) is 12.6. The van der Waals surface area contributed by atoms with Gasteiger partial charge >= 0.3 is 0 Å². The first-order valence-electron chi connectivity index (χ1n) is 12.6. The summed E-state index contributed by atoms with van der Waals surface area (Å²) in [6.07, 6.45) is 6.36. The monoisotopic (exact) mass is 430 g/mol. The van der Waals surface area contributed by atoms with Gasteiger partial charge in [0.1, 0.15) is 6.10 Å². The standard InChI is InChI=1S/C26H39FN2O2/c1-5-17-22(29-31-16-8-11-28-14-16)7-10-25(3)19-6-9-26(4)20(13-21(27)24(26)30)18(19)12-15(2)23(17)25/h16-21,23,28H,2,5-14H2,1,3-4H3/t16?,17-,18?,19?,20?,21?,23?,25+,26-/m0/s1. The van der Waals surface area contributed by atoms with Crippen molar-refractivity contribution in [2.75, 3.05) is 13.1 Å². The second kappa shape index (κ2) is 7.67. The molecule has 172 valence electrons. The summed E-state index contributed by atoms with van der Waals surface area (Å²) in [4.78, 5) is 18.6. The number of allylic oxidation sites excluding steroid dienone is 1. The predicted molar refractivity (Wildman–Crippen MR) is 120 cm³/mol. The minimum Gasteiger partial charge on any atom is -0.391 e. The highest BCUT2D eigenvalue weighted by Gasteiger charge is 2.64.